The van der Waals surface area contributed by atoms with Crippen molar-refractivity contribution in [2.45, 2.75) is 12.5 Å². The number of H-pyrrole nitrogens is 1. The molecule has 0 bridgehead atoms. The van der Waals surface area contributed by atoms with Crippen molar-refractivity contribution in [3.05, 3.63) is 60.3 Å². The molecule has 0 amide bonds. The number of halogens is 2. The van der Waals surface area contributed by atoms with Crippen LogP contribution in [-0.4, -0.2) is 49.2 Å². The number of imidazole rings is 1. The van der Waals surface area contributed by atoms with Gasteiger partial charge in [-0.15, -0.1) is 0 Å². The second-order valence-electron chi connectivity index (χ2n) is 6.71. The summed E-state index contributed by atoms with van der Waals surface area (Å²) in [5.74, 6) is 0.555. The van der Waals surface area contributed by atoms with E-state index in [1.165, 1.54) is 12.3 Å². The molecule has 1 aliphatic heterocycles. The SMILES string of the molecule is FC(F)c1ccc2ncc(-c3ccnc(N4CCOC(c5cn[nH]c5)C4)n3)n2c1. The summed E-state index contributed by atoms with van der Waals surface area (Å²) in [4.78, 5) is 15.4. The van der Waals surface area contributed by atoms with Gasteiger partial charge in [-0.1, -0.05) is 0 Å². The second kappa shape index (κ2) is 7.21. The van der Waals surface area contributed by atoms with Gasteiger partial charge in [0.15, 0.2) is 0 Å². The fourth-order valence-corrected chi connectivity index (χ4v) is 3.43. The molecule has 148 valence electrons. The third kappa shape index (κ3) is 3.31. The minimum Gasteiger partial charge on any atom is -0.370 e. The summed E-state index contributed by atoms with van der Waals surface area (Å²) in [6, 6.07) is 4.70. The highest BCUT2D eigenvalue weighted by Gasteiger charge is 2.25. The van der Waals surface area contributed by atoms with Crippen LogP contribution in [0.25, 0.3) is 17.0 Å². The van der Waals surface area contributed by atoms with Crippen molar-refractivity contribution in [2.24, 2.45) is 0 Å². The van der Waals surface area contributed by atoms with Crippen LogP contribution < -0.4 is 4.90 Å². The van der Waals surface area contributed by atoms with Gasteiger partial charge in [-0.25, -0.2) is 23.7 Å². The molecule has 1 atom stereocenters. The average molecular weight is 397 g/mol. The molecule has 0 saturated carbocycles. The van der Waals surface area contributed by atoms with Crippen LogP contribution in [0, 0.1) is 0 Å². The van der Waals surface area contributed by atoms with Gasteiger partial charge in [0.25, 0.3) is 6.43 Å². The molecule has 1 fully saturated rings. The number of hydrogen-bond donors (Lipinski definition) is 1. The third-order valence-electron chi connectivity index (χ3n) is 4.93. The van der Waals surface area contributed by atoms with Gasteiger partial charge in [0.2, 0.25) is 5.95 Å². The van der Waals surface area contributed by atoms with Gasteiger partial charge >= 0.3 is 0 Å². The van der Waals surface area contributed by atoms with E-state index >= 15 is 0 Å². The first-order valence-electron chi connectivity index (χ1n) is 9.13. The molecule has 10 heteroatoms. The van der Waals surface area contributed by atoms with E-state index in [1.54, 1.807) is 35.1 Å². The van der Waals surface area contributed by atoms with Crippen molar-refractivity contribution in [3.8, 4) is 11.4 Å². The molecule has 0 radical (unpaired) electrons. The Hall–Kier alpha value is -3.40. The lowest BCUT2D eigenvalue weighted by molar-refractivity contribution is 0.0392. The monoisotopic (exact) mass is 397 g/mol. The van der Waals surface area contributed by atoms with Gasteiger partial charge in [0.1, 0.15) is 11.8 Å². The van der Waals surface area contributed by atoms with E-state index in [9.17, 15) is 8.78 Å². The zero-order valence-electron chi connectivity index (χ0n) is 15.2. The first-order chi connectivity index (χ1) is 14.2. The van der Waals surface area contributed by atoms with Crippen molar-refractivity contribution >= 4 is 11.6 Å². The van der Waals surface area contributed by atoms with Crippen molar-refractivity contribution in [3.63, 3.8) is 0 Å². The number of pyridine rings is 1. The van der Waals surface area contributed by atoms with E-state index in [-0.39, 0.29) is 11.7 Å². The number of alkyl halides is 2. The van der Waals surface area contributed by atoms with Crippen molar-refractivity contribution in [1.82, 2.24) is 29.5 Å². The van der Waals surface area contributed by atoms with Crippen LogP contribution >= 0.6 is 0 Å². The quantitative estimate of drug-likeness (QED) is 0.570. The summed E-state index contributed by atoms with van der Waals surface area (Å²) in [6.45, 7) is 1.78. The fourth-order valence-electron chi connectivity index (χ4n) is 3.43. The topological polar surface area (TPSA) is 84.2 Å². The Kier molecular flexibility index (Phi) is 4.39. The maximum atomic E-state index is 13.1. The predicted molar refractivity (Wildman–Crippen MR) is 101 cm³/mol. The molecule has 1 aliphatic rings. The highest BCUT2D eigenvalue weighted by Crippen LogP contribution is 2.27. The molecule has 0 aromatic carbocycles. The zero-order chi connectivity index (χ0) is 19.8. The van der Waals surface area contributed by atoms with E-state index in [4.69, 9.17) is 4.74 Å². The van der Waals surface area contributed by atoms with Gasteiger partial charge in [0, 0.05) is 36.3 Å². The largest absolute Gasteiger partial charge is 0.370 e. The number of nitrogens with zero attached hydrogens (tertiary/aromatic N) is 6. The van der Waals surface area contributed by atoms with Crippen LogP contribution in [0.15, 0.2) is 49.2 Å². The third-order valence-corrected chi connectivity index (χ3v) is 4.93. The number of morpholine rings is 1. The van der Waals surface area contributed by atoms with Crippen LogP contribution in [0.2, 0.25) is 0 Å². The molecule has 1 saturated heterocycles. The summed E-state index contributed by atoms with van der Waals surface area (Å²) in [6.07, 6.45) is 5.56. The van der Waals surface area contributed by atoms with Crippen molar-refractivity contribution < 1.29 is 13.5 Å². The Balaban J connectivity index is 1.47. The molecule has 29 heavy (non-hydrogen) atoms. The average Bonchev–Trinajstić information content (AvgIpc) is 3.43. The molecule has 4 aromatic heterocycles. The molecule has 4 aromatic rings. The minimum atomic E-state index is -2.55. The molecule has 1 unspecified atom stereocenters. The number of nitrogens with one attached hydrogen (secondary N) is 1. The molecule has 0 aliphatic carbocycles. The smallest absolute Gasteiger partial charge is 0.265 e. The summed E-state index contributed by atoms with van der Waals surface area (Å²) < 4.78 is 33.7. The Morgan fingerprint density at radius 1 is 1.17 bits per heavy atom. The lowest BCUT2D eigenvalue weighted by Gasteiger charge is -2.32. The van der Waals surface area contributed by atoms with Gasteiger partial charge in [0.05, 0.1) is 36.9 Å². The van der Waals surface area contributed by atoms with Crippen LogP contribution in [0.3, 0.4) is 0 Å². The maximum absolute atomic E-state index is 13.1. The molecular formula is C19H17F2N7O. The molecule has 8 nitrogen and oxygen atoms in total. The standard InChI is InChI=1S/C19H17F2N7O/c20-18(21)12-1-2-17-23-9-15(28(17)10-12)14-3-4-22-19(26-14)27-5-6-29-16(11-27)13-7-24-25-8-13/h1-4,7-10,16,18H,5-6,11H2,(H,24,25). The minimum absolute atomic E-state index is 0.0674. The van der Waals surface area contributed by atoms with Crippen molar-refractivity contribution in [1.29, 1.82) is 0 Å². The molecule has 0 spiro atoms. The van der Waals surface area contributed by atoms with Crippen LogP contribution in [0.5, 0.6) is 0 Å². The number of fused-ring (bicyclic) bond motifs is 1. The van der Waals surface area contributed by atoms with E-state index in [2.05, 4.69) is 25.1 Å². The Morgan fingerprint density at radius 3 is 2.93 bits per heavy atom. The van der Waals surface area contributed by atoms with E-state index in [0.717, 1.165) is 5.56 Å². The van der Waals surface area contributed by atoms with Crippen LogP contribution in [0.1, 0.15) is 23.7 Å². The molecule has 5 heterocycles. The van der Waals surface area contributed by atoms with Gasteiger partial charge in [-0.2, -0.15) is 5.10 Å². The number of hydrogen-bond acceptors (Lipinski definition) is 6. The van der Waals surface area contributed by atoms with Crippen LogP contribution in [0.4, 0.5) is 14.7 Å². The highest BCUT2D eigenvalue weighted by molar-refractivity contribution is 5.61. The summed E-state index contributed by atoms with van der Waals surface area (Å²) in [7, 11) is 0. The number of anilines is 1. The van der Waals surface area contributed by atoms with Gasteiger partial charge in [-0.05, 0) is 18.2 Å². The van der Waals surface area contributed by atoms with E-state index in [0.29, 0.717) is 42.7 Å². The van der Waals surface area contributed by atoms with E-state index in [1.807, 2.05) is 11.1 Å². The first-order valence-corrected chi connectivity index (χ1v) is 9.13. The fraction of sp³-hybridized carbons (Fsp3) is 0.263. The maximum Gasteiger partial charge on any atom is 0.265 e. The predicted octanol–water partition coefficient (Wildman–Crippen LogP) is 3.03. The summed E-state index contributed by atoms with van der Waals surface area (Å²) in [5.41, 5.74) is 2.72. The first kappa shape index (κ1) is 17.7. The number of ether oxygens (including phenoxy) is 1. The zero-order valence-corrected chi connectivity index (χ0v) is 15.2. The Morgan fingerprint density at radius 2 is 2.10 bits per heavy atom. The number of aromatic nitrogens is 6. The highest BCUT2D eigenvalue weighted by atomic mass is 19.3. The Labute approximate surface area is 164 Å². The Bertz CT molecular complexity index is 1130. The normalized spacial score (nSPS) is 17.3. The molecule has 5 rings (SSSR count). The number of rotatable bonds is 4. The van der Waals surface area contributed by atoms with Crippen molar-refractivity contribution in [2.75, 3.05) is 24.6 Å². The molecular weight excluding hydrogens is 380 g/mol. The lowest BCUT2D eigenvalue weighted by Crippen LogP contribution is -2.39. The second-order valence-corrected chi connectivity index (χ2v) is 6.71. The molecule has 1 N–H and O–H groups in total. The van der Waals surface area contributed by atoms with Gasteiger partial charge in [-0.3, -0.25) is 9.50 Å². The van der Waals surface area contributed by atoms with Crippen LogP contribution in [-0.2, 0) is 4.74 Å². The lowest BCUT2D eigenvalue weighted by atomic mass is 10.1. The van der Waals surface area contributed by atoms with E-state index < -0.39 is 6.43 Å². The summed E-state index contributed by atoms with van der Waals surface area (Å²) >= 11 is 0. The summed E-state index contributed by atoms with van der Waals surface area (Å²) in [5, 5.41) is 6.77. The number of aromatic amines is 1. The van der Waals surface area contributed by atoms with Gasteiger partial charge < -0.3 is 9.64 Å².